The Morgan fingerprint density at radius 1 is 0.580 bits per heavy atom. The van der Waals surface area contributed by atoms with Gasteiger partial charge in [0.1, 0.15) is 0 Å². The van der Waals surface area contributed by atoms with Crippen molar-refractivity contribution in [1.82, 2.24) is 0 Å². The van der Waals surface area contributed by atoms with Crippen LogP contribution in [0.5, 0.6) is 0 Å². The Bertz CT molecular complexity index is 2200. The minimum Gasteiger partial charge on any atom is -0.310 e. The van der Waals surface area contributed by atoms with Crippen LogP contribution in [0.15, 0.2) is 125 Å². The van der Waals surface area contributed by atoms with Crippen LogP contribution in [0.4, 0.5) is 17.1 Å². The van der Waals surface area contributed by atoms with Gasteiger partial charge in [-0.05, 0) is 149 Å². The largest absolute Gasteiger partial charge is 0.310 e. The first-order valence-corrected chi connectivity index (χ1v) is 20.0. The van der Waals surface area contributed by atoms with Crippen molar-refractivity contribution in [1.29, 1.82) is 0 Å². The molecule has 6 aliphatic rings. The summed E-state index contributed by atoms with van der Waals surface area (Å²) < 4.78 is 0. The SMILES string of the molecule is CC1(C)CCC(C)(C)c2cc(N(c3ccc(-c4ccccc4)cc3)c3cccc4c3C3(c5ccccc5S4)C4CC5CC6CC3C64C5)ccc21. The molecule has 5 aromatic rings. The van der Waals surface area contributed by atoms with Crippen LogP contribution < -0.4 is 4.90 Å². The molecule has 2 spiro atoms. The van der Waals surface area contributed by atoms with Crippen molar-refractivity contribution in [2.75, 3.05) is 4.90 Å². The lowest BCUT2D eigenvalue weighted by molar-refractivity contribution is -0.234. The van der Waals surface area contributed by atoms with E-state index in [-0.39, 0.29) is 16.2 Å². The minimum atomic E-state index is 0.0944. The summed E-state index contributed by atoms with van der Waals surface area (Å²) in [4.78, 5) is 5.64. The van der Waals surface area contributed by atoms with Gasteiger partial charge >= 0.3 is 0 Å². The molecule has 2 bridgehead atoms. The molecule has 0 amide bonds. The van der Waals surface area contributed by atoms with Crippen LogP contribution in [0.3, 0.4) is 0 Å². The van der Waals surface area contributed by atoms with E-state index in [9.17, 15) is 0 Å². The van der Waals surface area contributed by atoms with E-state index in [1.807, 2.05) is 11.8 Å². The molecule has 1 nitrogen and oxygen atoms in total. The number of nitrogens with zero attached hydrogens (tertiary/aromatic N) is 1. The molecule has 0 radical (unpaired) electrons. The number of hydrogen-bond acceptors (Lipinski definition) is 2. The zero-order valence-electron chi connectivity index (χ0n) is 29.9. The third-order valence-corrected chi connectivity index (χ3v) is 16.2. The van der Waals surface area contributed by atoms with Crippen molar-refractivity contribution in [3.63, 3.8) is 0 Å². The van der Waals surface area contributed by atoms with Crippen LogP contribution >= 0.6 is 11.8 Å². The second kappa shape index (κ2) is 9.97. The molecule has 5 aromatic carbocycles. The molecule has 50 heavy (non-hydrogen) atoms. The van der Waals surface area contributed by atoms with Gasteiger partial charge in [0.05, 0.1) is 5.69 Å². The standard InChI is InChI=1S/C48H47NS/c1-45(2)23-24-46(3,4)38-28-35(21-22-36(38)45)49(34-19-17-32(18-20-34)31-11-6-5-7-12-31)39-14-10-16-41-44(39)48(37-13-8-9-15-40(37)50-41)42-26-30-25-33-27-43(48)47(33,42)29-30/h5-22,28,30,33,42-43H,23-27,29H2,1-4H3. The molecule has 1 heterocycles. The second-order valence-electron chi connectivity index (χ2n) is 18.1. The van der Waals surface area contributed by atoms with Gasteiger partial charge in [-0.25, -0.2) is 0 Å². The predicted molar refractivity (Wildman–Crippen MR) is 208 cm³/mol. The van der Waals surface area contributed by atoms with E-state index < -0.39 is 0 Å². The van der Waals surface area contributed by atoms with Gasteiger partial charge in [0.25, 0.3) is 0 Å². The minimum absolute atomic E-state index is 0.0944. The summed E-state index contributed by atoms with van der Waals surface area (Å²) in [5, 5.41) is 0. The van der Waals surface area contributed by atoms with Gasteiger partial charge in [-0.2, -0.15) is 0 Å². The highest BCUT2D eigenvalue weighted by atomic mass is 32.2. The predicted octanol–water partition coefficient (Wildman–Crippen LogP) is 13.0. The maximum Gasteiger partial charge on any atom is 0.0514 e. The summed E-state index contributed by atoms with van der Waals surface area (Å²) in [5.41, 5.74) is 13.8. The number of benzene rings is 5. The summed E-state index contributed by atoms with van der Waals surface area (Å²) in [5.74, 6) is 3.40. The van der Waals surface area contributed by atoms with E-state index in [4.69, 9.17) is 0 Å². The van der Waals surface area contributed by atoms with Crippen molar-refractivity contribution < 1.29 is 0 Å². The molecular formula is C48H47NS. The molecule has 4 saturated carbocycles. The fourth-order valence-corrected chi connectivity index (χ4v) is 14.1. The van der Waals surface area contributed by atoms with Gasteiger partial charge in [0.15, 0.2) is 0 Å². The Morgan fingerprint density at radius 2 is 1.26 bits per heavy atom. The number of hydrogen-bond donors (Lipinski definition) is 0. The molecule has 0 saturated heterocycles. The van der Waals surface area contributed by atoms with Gasteiger partial charge in [-0.1, -0.05) is 112 Å². The van der Waals surface area contributed by atoms with Gasteiger partial charge in [-0.15, -0.1) is 0 Å². The topological polar surface area (TPSA) is 3.24 Å². The van der Waals surface area contributed by atoms with Crippen molar-refractivity contribution in [2.45, 2.75) is 92.3 Å². The summed E-state index contributed by atoms with van der Waals surface area (Å²) in [6.07, 6.45) is 8.25. The molecule has 0 aromatic heterocycles. The lowest BCUT2D eigenvalue weighted by Gasteiger charge is -2.78. The molecule has 11 rings (SSSR count). The maximum absolute atomic E-state index is 2.66. The quantitative estimate of drug-likeness (QED) is 0.187. The van der Waals surface area contributed by atoms with E-state index in [0.717, 1.165) is 23.7 Å². The lowest BCUT2D eigenvalue weighted by Crippen LogP contribution is -2.74. The van der Waals surface area contributed by atoms with Crippen LogP contribution in [-0.2, 0) is 16.2 Å². The molecule has 4 fully saturated rings. The zero-order valence-corrected chi connectivity index (χ0v) is 30.7. The maximum atomic E-state index is 2.66. The number of fused-ring (bicyclic) bond motifs is 8. The number of rotatable bonds is 4. The first kappa shape index (κ1) is 29.9. The Morgan fingerprint density at radius 3 is 2.06 bits per heavy atom. The summed E-state index contributed by atoms with van der Waals surface area (Å²) >= 11 is 2.02. The van der Waals surface area contributed by atoms with E-state index in [1.165, 1.54) is 87.6 Å². The summed E-state index contributed by atoms with van der Waals surface area (Å²) in [7, 11) is 0. The van der Waals surface area contributed by atoms with E-state index in [0.29, 0.717) is 5.41 Å². The molecule has 5 aliphatic carbocycles. The average molecular weight is 670 g/mol. The highest BCUT2D eigenvalue weighted by molar-refractivity contribution is 7.99. The first-order chi connectivity index (χ1) is 24.2. The van der Waals surface area contributed by atoms with Crippen LogP contribution in [0.25, 0.3) is 11.1 Å². The van der Waals surface area contributed by atoms with Crippen molar-refractivity contribution in [3.8, 4) is 11.1 Å². The Labute approximate surface area is 302 Å². The normalized spacial score (nSPS) is 31.1. The molecule has 250 valence electrons. The van der Waals surface area contributed by atoms with Gasteiger partial charge in [0, 0.05) is 32.1 Å². The molecule has 6 unspecified atom stereocenters. The summed E-state index contributed by atoms with van der Waals surface area (Å²) in [6.45, 7) is 9.82. The zero-order chi connectivity index (χ0) is 33.6. The average Bonchev–Trinajstić information content (AvgIpc) is 3.66. The molecule has 1 aliphatic heterocycles. The highest BCUT2D eigenvalue weighted by Crippen LogP contribution is 2.89. The van der Waals surface area contributed by atoms with Crippen LogP contribution in [0, 0.1) is 29.1 Å². The van der Waals surface area contributed by atoms with Crippen molar-refractivity contribution in [2.24, 2.45) is 29.1 Å². The smallest absolute Gasteiger partial charge is 0.0514 e. The summed E-state index contributed by atoms with van der Waals surface area (Å²) in [6, 6.07) is 44.6. The Hall–Kier alpha value is -3.75. The van der Waals surface area contributed by atoms with Crippen LogP contribution in [0.2, 0.25) is 0 Å². The number of anilines is 3. The van der Waals surface area contributed by atoms with Crippen molar-refractivity contribution in [3.05, 3.63) is 138 Å². The van der Waals surface area contributed by atoms with Gasteiger partial charge in [-0.3, -0.25) is 0 Å². The van der Waals surface area contributed by atoms with Crippen molar-refractivity contribution >= 4 is 28.8 Å². The fourth-order valence-electron chi connectivity index (χ4n) is 12.9. The molecule has 2 heteroatoms. The second-order valence-corrected chi connectivity index (χ2v) is 19.1. The third-order valence-electron chi connectivity index (χ3n) is 15.0. The monoisotopic (exact) mass is 669 g/mol. The lowest BCUT2D eigenvalue weighted by atomic mass is 9.26. The molecular weight excluding hydrogens is 623 g/mol. The Balaban J connectivity index is 1.15. The first-order valence-electron chi connectivity index (χ1n) is 19.2. The highest BCUT2D eigenvalue weighted by Gasteiger charge is 2.84. The van der Waals surface area contributed by atoms with Gasteiger partial charge < -0.3 is 4.90 Å². The fraction of sp³-hybridized carbons (Fsp3) is 0.375. The van der Waals surface area contributed by atoms with Crippen LogP contribution in [-0.4, -0.2) is 0 Å². The van der Waals surface area contributed by atoms with E-state index in [1.54, 1.807) is 11.1 Å². The van der Waals surface area contributed by atoms with E-state index in [2.05, 4.69) is 148 Å². The molecule has 6 atom stereocenters. The van der Waals surface area contributed by atoms with E-state index >= 15 is 0 Å². The Kier molecular flexibility index (Phi) is 5.97. The van der Waals surface area contributed by atoms with Gasteiger partial charge in [0.2, 0.25) is 0 Å². The third kappa shape index (κ3) is 3.67. The molecule has 0 N–H and O–H groups in total. The van der Waals surface area contributed by atoms with Crippen LogP contribution in [0.1, 0.15) is 88.5 Å².